The van der Waals surface area contributed by atoms with Crippen LogP contribution in [0.25, 0.3) is 0 Å². The Labute approximate surface area is 93.2 Å². The van der Waals surface area contributed by atoms with Crippen molar-refractivity contribution < 1.29 is 0 Å². The van der Waals surface area contributed by atoms with Gasteiger partial charge in [0, 0.05) is 5.92 Å². The van der Waals surface area contributed by atoms with Crippen molar-refractivity contribution in [2.45, 2.75) is 64.0 Å². The number of hydrogen-bond donors (Lipinski definition) is 0. The van der Waals surface area contributed by atoms with E-state index in [0.717, 1.165) is 11.2 Å². The fourth-order valence-corrected chi connectivity index (χ4v) is 4.72. The standard InChI is InChI=1S/C13H27S/c1-4-12-10-8-6-7-9-11-13(12)14(3)5-2/h12-13H,4-11H2,1-3H3/q+1. The van der Waals surface area contributed by atoms with Crippen LogP contribution in [0.3, 0.4) is 0 Å². The highest BCUT2D eigenvalue weighted by Gasteiger charge is 2.31. The van der Waals surface area contributed by atoms with E-state index in [2.05, 4.69) is 20.1 Å². The highest BCUT2D eigenvalue weighted by molar-refractivity contribution is 7.96. The van der Waals surface area contributed by atoms with Crippen LogP contribution in [0.1, 0.15) is 58.8 Å². The van der Waals surface area contributed by atoms with Gasteiger partial charge in [-0.2, -0.15) is 0 Å². The van der Waals surface area contributed by atoms with Crippen LogP contribution in [0.2, 0.25) is 0 Å². The molecule has 3 unspecified atom stereocenters. The minimum Gasteiger partial charge on any atom is -0.0649 e. The Kier molecular flexibility index (Phi) is 6.00. The predicted molar refractivity (Wildman–Crippen MR) is 69.1 cm³/mol. The SMILES string of the molecule is CCC1CCCCCCC1[S+](C)CC. The van der Waals surface area contributed by atoms with Crippen molar-refractivity contribution >= 4 is 10.9 Å². The van der Waals surface area contributed by atoms with Crippen molar-refractivity contribution in [1.82, 2.24) is 0 Å². The fourth-order valence-electron chi connectivity index (χ4n) is 2.74. The summed E-state index contributed by atoms with van der Waals surface area (Å²) in [7, 11) is 0.688. The van der Waals surface area contributed by atoms with Gasteiger partial charge in [-0.15, -0.1) is 0 Å². The third-order valence-electron chi connectivity index (χ3n) is 3.84. The smallest absolute Gasteiger partial charge is 0.0649 e. The molecule has 0 bridgehead atoms. The van der Waals surface area contributed by atoms with Gasteiger partial charge in [-0.25, -0.2) is 0 Å². The zero-order valence-electron chi connectivity index (χ0n) is 10.2. The van der Waals surface area contributed by atoms with Gasteiger partial charge < -0.3 is 0 Å². The Hall–Kier alpha value is 0.350. The molecule has 0 radical (unpaired) electrons. The lowest BCUT2D eigenvalue weighted by atomic mass is 9.89. The van der Waals surface area contributed by atoms with Gasteiger partial charge in [-0.1, -0.05) is 26.2 Å². The molecule has 0 aliphatic heterocycles. The lowest BCUT2D eigenvalue weighted by Crippen LogP contribution is -2.31. The second-order valence-electron chi connectivity index (χ2n) is 4.68. The zero-order chi connectivity index (χ0) is 10.4. The highest BCUT2D eigenvalue weighted by atomic mass is 32.2. The van der Waals surface area contributed by atoms with Gasteiger partial charge in [0.15, 0.2) is 0 Å². The Morgan fingerprint density at radius 1 is 1.00 bits per heavy atom. The summed E-state index contributed by atoms with van der Waals surface area (Å²) >= 11 is 0. The lowest BCUT2D eigenvalue weighted by Gasteiger charge is -2.26. The molecule has 0 saturated heterocycles. The fraction of sp³-hybridized carbons (Fsp3) is 1.00. The van der Waals surface area contributed by atoms with Crippen molar-refractivity contribution in [3.05, 3.63) is 0 Å². The van der Waals surface area contributed by atoms with Crippen LogP contribution in [0, 0.1) is 5.92 Å². The molecule has 1 heteroatoms. The monoisotopic (exact) mass is 215 g/mol. The molecule has 1 fully saturated rings. The Morgan fingerprint density at radius 2 is 1.64 bits per heavy atom. The average molecular weight is 215 g/mol. The van der Waals surface area contributed by atoms with E-state index in [4.69, 9.17) is 0 Å². The Balaban J connectivity index is 2.53. The van der Waals surface area contributed by atoms with Crippen LogP contribution in [0.5, 0.6) is 0 Å². The minimum absolute atomic E-state index is 0.688. The van der Waals surface area contributed by atoms with Crippen LogP contribution in [0.4, 0.5) is 0 Å². The first-order valence-corrected chi connectivity index (χ1v) is 8.27. The molecule has 0 amide bonds. The van der Waals surface area contributed by atoms with Crippen LogP contribution >= 0.6 is 0 Å². The van der Waals surface area contributed by atoms with Crippen LogP contribution in [-0.2, 0) is 10.9 Å². The van der Waals surface area contributed by atoms with Crippen molar-refractivity contribution in [1.29, 1.82) is 0 Å². The van der Waals surface area contributed by atoms with Crippen LogP contribution < -0.4 is 0 Å². The Morgan fingerprint density at radius 3 is 2.21 bits per heavy atom. The van der Waals surface area contributed by atoms with Crippen molar-refractivity contribution in [2.24, 2.45) is 5.92 Å². The van der Waals surface area contributed by atoms with E-state index in [-0.39, 0.29) is 0 Å². The topological polar surface area (TPSA) is 0 Å². The first-order chi connectivity index (χ1) is 6.79. The van der Waals surface area contributed by atoms with E-state index in [1.54, 1.807) is 0 Å². The van der Waals surface area contributed by atoms with Gasteiger partial charge in [0.05, 0.1) is 6.26 Å². The molecule has 0 aromatic rings. The lowest BCUT2D eigenvalue weighted by molar-refractivity contribution is 0.378. The van der Waals surface area contributed by atoms with E-state index in [9.17, 15) is 0 Å². The second-order valence-corrected chi connectivity index (χ2v) is 7.24. The van der Waals surface area contributed by atoms with Crippen LogP contribution in [-0.4, -0.2) is 17.3 Å². The quantitative estimate of drug-likeness (QED) is 0.624. The summed E-state index contributed by atoms with van der Waals surface area (Å²) in [6.45, 7) is 4.76. The van der Waals surface area contributed by atoms with E-state index >= 15 is 0 Å². The van der Waals surface area contributed by atoms with E-state index in [0.29, 0.717) is 10.9 Å². The molecular weight excluding hydrogens is 188 g/mol. The molecule has 0 aromatic carbocycles. The number of rotatable bonds is 3. The zero-order valence-corrected chi connectivity index (χ0v) is 11.0. The summed E-state index contributed by atoms with van der Waals surface area (Å²) in [6, 6.07) is 0. The molecule has 1 rings (SSSR count). The molecule has 84 valence electrons. The molecule has 0 spiro atoms. The molecule has 0 N–H and O–H groups in total. The van der Waals surface area contributed by atoms with Crippen LogP contribution in [0.15, 0.2) is 0 Å². The first kappa shape index (κ1) is 12.4. The summed E-state index contributed by atoms with van der Waals surface area (Å²) in [4.78, 5) is 0. The van der Waals surface area contributed by atoms with Gasteiger partial charge >= 0.3 is 0 Å². The average Bonchev–Trinajstić information content (AvgIpc) is 2.17. The minimum atomic E-state index is 0.688. The molecule has 1 saturated carbocycles. The summed E-state index contributed by atoms with van der Waals surface area (Å²) in [5.41, 5.74) is 0. The van der Waals surface area contributed by atoms with Gasteiger partial charge in [0.1, 0.15) is 11.0 Å². The molecular formula is C13H27S+. The van der Waals surface area contributed by atoms with E-state index < -0.39 is 0 Å². The third-order valence-corrected chi connectivity index (χ3v) is 6.40. The molecule has 1 aliphatic carbocycles. The predicted octanol–water partition coefficient (Wildman–Crippen LogP) is 4.00. The summed E-state index contributed by atoms with van der Waals surface area (Å²) < 4.78 is 0. The van der Waals surface area contributed by atoms with E-state index in [1.807, 2.05) is 0 Å². The third kappa shape index (κ3) is 3.49. The highest BCUT2D eigenvalue weighted by Crippen LogP contribution is 2.30. The van der Waals surface area contributed by atoms with Gasteiger partial charge in [0.2, 0.25) is 0 Å². The van der Waals surface area contributed by atoms with Crippen molar-refractivity contribution in [3.63, 3.8) is 0 Å². The largest absolute Gasteiger partial charge is 0.120 e. The summed E-state index contributed by atoms with van der Waals surface area (Å²) in [6.07, 6.45) is 12.9. The van der Waals surface area contributed by atoms with Gasteiger partial charge in [-0.05, 0) is 43.5 Å². The van der Waals surface area contributed by atoms with E-state index in [1.165, 1.54) is 50.7 Å². The Bertz CT molecular complexity index is 144. The summed E-state index contributed by atoms with van der Waals surface area (Å²) in [5.74, 6) is 2.45. The van der Waals surface area contributed by atoms with Gasteiger partial charge in [0.25, 0.3) is 0 Å². The molecule has 0 nitrogen and oxygen atoms in total. The van der Waals surface area contributed by atoms with Crippen molar-refractivity contribution in [2.75, 3.05) is 12.0 Å². The molecule has 0 heterocycles. The number of hydrogen-bond acceptors (Lipinski definition) is 0. The molecule has 1 aliphatic rings. The maximum Gasteiger partial charge on any atom is 0.120 e. The molecule has 0 aromatic heterocycles. The molecule has 14 heavy (non-hydrogen) atoms. The van der Waals surface area contributed by atoms with Crippen molar-refractivity contribution in [3.8, 4) is 0 Å². The normalized spacial score (nSPS) is 31.9. The first-order valence-electron chi connectivity index (χ1n) is 6.40. The maximum atomic E-state index is 2.49. The summed E-state index contributed by atoms with van der Waals surface area (Å²) in [5, 5.41) is 1.06. The second kappa shape index (κ2) is 6.76. The molecule has 3 atom stereocenters. The van der Waals surface area contributed by atoms with Gasteiger partial charge in [-0.3, -0.25) is 0 Å². The maximum absolute atomic E-state index is 2.49.